The topological polar surface area (TPSA) is 70.1 Å². The molecule has 1 N–H and O–H groups in total. The van der Waals surface area contributed by atoms with Gasteiger partial charge in [0.05, 0.1) is 12.2 Å². The molecule has 0 radical (unpaired) electrons. The molecular formula is C27H33FN2O4S. The van der Waals surface area contributed by atoms with Crippen LogP contribution in [-0.4, -0.2) is 68.2 Å². The lowest BCUT2D eigenvalue weighted by Crippen LogP contribution is -2.49. The molecule has 1 heterocycles. The smallest absolute Gasteiger partial charge is 0.247 e. The first kappa shape index (κ1) is 25.6. The van der Waals surface area contributed by atoms with E-state index in [1.165, 1.54) is 29.3 Å². The zero-order valence-electron chi connectivity index (χ0n) is 20.4. The Morgan fingerprint density at radius 3 is 2.63 bits per heavy atom. The predicted molar refractivity (Wildman–Crippen MR) is 133 cm³/mol. The predicted octanol–water partition coefficient (Wildman–Crippen LogP) is 3.34. The van der Waals surface area contributed by atoms with E-state index in [9.17, 15) is 17.9 Å². The minimum atomic E-state index is -3.91. The minimum Gasteiger partial charge on any atom is -0.487 e. The fourth-order valence-electron chi connectivity index (χ4n) is 4.35. The number of hydrogen-bond donors (Lipinski definition) is 1. The Balaban J connectivity index is 1.72. The average Bonchev–Trinajstić information content (AvgIpc) is 3.64. The van der Waals surface area contributed by atoms with Gasteiger partial charge in [0.1, 0.15) is 22.6 Å². The van der Waals surface area contributed by atoms with Crippen LogP contribution in [0.15, 0.2) is 47.4 Å². The first-order valence-corrected chi connectivity index (χ1v) is 13.5. The standard InChI is InChI=1S/C27H33FN2O4S/c1-19-15-30(20(2)18-31)35(32,33)27-13-11-21(10-12-23-6-4-5-7-24(23)28)14-25(27)34-26(19)17-29(3)16-22-8-9-22/h4-7,11,13-14,19-20,22,26,31H,8-9,15-18H2,1-3H3/t19-,20-,26-/m1/s1. The van der Waals surface area contributed by atoms with Crippen LogP contribution in [0.5, 0.6) is 5.75 Å². The number of benzene rings is 2. The third kappa shape index (κ3) is 6.04. The SMILES string of the molecule is C[C@@H]1CN([C@H](C)CO)S(=O)(=O)c2ccc(C#Cc3ccccc3F)cc2O[C@@H]1CN(C)CC1CC1. The van der Waals surface area contributed by atoms with Crippen molar-refractivity contribution < 1.29 is 22.7 Å². The molecule has 2 aromatic rings. The molecule has 0 saturated heterocycles. The summed E-state index contributed by atoms with van der Waals surface area (Å²) in [7, 11) is -1.85. The molecule has 4 rings (SSSR count). The third-order valence-electron chi connectivity index (χ3n) is 6.64. The molecule has 1 aliphatic heterocycles. The molecule has 0 spiro atoms. The van der Waals surface area contributed by atoms with E-state index in [1.807, 2.05) is 6.92 Å². The lowest BCUT2D eigenvalue weighted by molar-refractivity contribution is 0.0740. The molecule has 2 aliphatic rings. The summed E-state index contributed by atoms with van der Waals surface area (Å²) in [5.41, 5.74) is 0.797. The molecule has 1 aliphatic carbocycles. The van der Waals surface area contributed by atoms with Crippen LogP contribution in [0, 0.1) is 29.5 Å². The van der Waals surface area contributed by atoms with Gasteiger partial charge in [-0.25, -0.2) is 12.8 Å². The van der Waals surface area contributed by atoms with Gasteiger partial charge in [-0.3, -0.25) is 0 Å². The highest BCUT2D eigenvalue weighted by Crippen LogP contribution is 2.35. The fourth-order valence-corrected chi connectivity index (χ4v) is 6.17. The van der Waals surface area contributed by atoms with E-state index in [4.69, 9.17) is 4.74 Å². The van der Waals surface area contributed by atoms with Crippen LogP contribution >= 0.6 is 0 Å². The summed E-state index contributed by atoms with van der Waals surface area (Å²) in [5.74, 6) is 6.19. The molecule has 0 bridgehead atoms. The average molecular weight is 501 g/mol. The maximum absolute atomic E-state index is 14.0. The molecule has 3 atom stereocenters. The number of aliphatic hydroxyl groups excluding tert-OH is 1. The van der Waals surface area contributed by atoms with Crippen LogP contribution in [0.3, 0.4) is 0 Å². The summed E-state index contributed by atoms with van der Waals surface area (Å²) in [5, 5.41) is 9.78. The summed E-state index contributed by atoms with van der Waals surface area (Å²) >= 11 is 0. The van der Waals surface area contributed by atoms with Crippen LogP contribution in [0.25, 0.3) is 0 Å². The number of aliphatic hydroxyl groups is 1. The molecule has 2 aromatic carbocycles. The van der Waals surface area contributed by atoms with E-state index >= 15 is 0 Å². The zero-order valence-corrected chi connectivity index (χ0v) is 21.3. The second-order valence-corrected chi connectivity index (χ2v) is 11.7. The maximum Gasteiger partial charge on any atom is 0.247 e. The normalized spacial score (nSPS) is 22.8. The van der Waals surface area contributed by atoms with E-state index in [0.29, 0.717) is 12.1 Å². The van der Waals surface area contributed by atoms with Crippen molar-refractivity contribution in [2.75, 3.05) is 33.3 Å². The Kier molecular flexibility index (Phi) is 7.82. The summed E-state index contributed by atoms with van der Waals surface area (Å²) < 4.78 is 48.9. The molecule has 1 fully saturated rings. The third-order valence-corrected chi connectivity index (χ3v) is 8.66. The van der Waals surface area contributed by atoms with Crippen LogP contribution in [-0.2, 0) is 10.0 Å². The second-order valence-electron chi connectivity index (χ2n) is 9.80. The Hall–Kier alpha value is -2.44. The zero-order chi connectivity index (χ0) is 25.2. The molecule has 8 heteroatoms. The fraction of sp³-hybridized carbons (Fsp3) is 0.481. The highest BCUT2D eigenvalue weighted by Gasteiger charge is 2.38. The van der Waals surface area contributed by atoms with Crippen molar-refractivity contribution in [1.82, 2.24) is 9.21 Å². The molecule has 188 valence electrons. The number of likely N-dealkylation sites (N-methyl/N-ethyl adjacent to an activating group) is 1. The summed E-state index contributed by atoms with van der Waals surface area (Å²) in [6.07, 6.45) is 2.24. The minimum absolute atomic E-state index is 0.0518. The first-order valence-electron chi connectivity index (χ1n) is 12.1. The van der Waals surface area contributed by atoms with E-state index in [1.54, 1.807) is 37.3 Å². The van der Waals surface area contributed by atoms with Crippen LogP contribution in [0.2, 0.25) is 0 Å². The van der Waals surface area contributed by atoms with Gasteiger partial charge in [-0.1, -0.05) is 30.9 Å². The molecular weight excluding hydrogens is 467 g/mol. The maximum atomic E-state index is 14.0. The number of fused-ring (bicyclic) bond motifs is 1. The van der Waals surface area contributed by atoms with Gasteiger partial charge in [-0.15, -0.1) is 0 Å². The molecule has 0 amide bonds. The second kappa shape index (κ2) is 10.7. The lowest BCUT2D eigenvalue weighted by Gasteiger charge is -2.37. The van der Waals surface area contributed by atoms with Gasteiger partial charge < -0.3 is 14.7 Å². The van der Waals surface area contributed by atoms with E-state index in [-0.39, 0.29) is 41.4 Å². The highest BCUT2D eigenvalue weighted by atomic mass is 32.2. The van der Waals surface area contributed by atoms with Gasteiger partial charge in [0, 0.05) is 37.2 Å². The number of hydrogen-bond acceptors (Lipinski definition) is 5. The Morgan fingerprint density at radius 2 is 1.94 bits per heavy atom. The lowest BCUT2D eigenvalue weighted by atomic mass is 10.0. The van der Waals surface area contributed by atoms with E-state index in [2.05, 4.69) is 23.8 Å². The number of ether oxygens (including phenoxy) is 1. The van der Waals surface area contributed by atoms with Crippen molar-refractivity contribution in [1.29, 1.82) is 0 Å². The monoisotopic (exact) mass is 500 g/mol. The van der Waals surface area contributed by atoms with Gasteiger partial charge in [0.15, 0.2) is 0 Å². The van der Waals surface area contributed by atoms with Gasteiger partial charge in [-0.2, -0.15) is 4.31 Å². The quantitative estimate of drug-likeness (QED) is 0.617. The molecule has 1 saturated carbocycles. The Labute approximate surface area is 207 Å². The van der Waals surface area contributed by atoms with Crippen molar-refractivity contribution >= 4 is 10.0 Å². The van der Waals surface area contributed by atoms with Crippen LogP contribution < -0.4 is 4.74 Å². The summed E-state index contributed by atoms with van der Waals surface area (Å²) in [6.45, 7) is 5.30. The number of nitrogens with zero attached hydrogens (tertiary/aromatic N) is 2. The van der Waals surface area contributed by atoms with Gasteiger partial charge >= 0.3 is 0 Å². The number of halogens is 1. The largest absolute Gasteiger partial charge is 0.487 e. The van der Waals surface area contributed by atoms with Crippen LogP contribution in [0.1, 0.15) is 37.8 Å². The number of rotatable bonds is 6. The molecule has 6 nitrogen and oxygen atoms in total. The molecule has 0 unspecified atom stereocenters. The number of sulfonamides is 1. The summed E-state index contributed by atoms with van der Waals surface area (Å²) in [4.78, 5) is 2.30. The van der Waals surface area contributed by atoms with Crippen LogP contribution in [0.4, 0.5) is 4.39 Å². The van der Waals surface area contributed by atoms with Gasteiger partial charge in [-0.05, 0) is 63.1 Å². The highest BCUT2D eigenvalue weighted by molar-refractivity contribution is 7.89. The Bertz CT molecular complexity index is 1220. The van der Waals surface area contributed by atoms with Gasteiger partial charge in [0.25, 0.3) is 0 Å². The van der Waals surface area contributed by atoms with Crippen molar-refractivity contribution in [3.05, 3.63) is 59.4 Å². The van der Waals surface area contributed by atoms with Crippen molar-refractivity contribution in [2.24, 2.45) is 11.8 Å². The van der Waals surface area contributed by atoms with Crippen molar-refractivity contribution in [3.8, 4) is 17.6 Å². The van der Waals surface area contributed by atoms with E-state index in [0.717, 1.165) is 12.5 Å². The summed E-state index contributed by atoms with van der Waals surface area (Å²) in [6, 6.07) is 10.4. The Morgan fingerprint density at radius 1 is 1.20 bits per heavy atom. The molecule has 35 heavy (non-hydrogen) atoms. The van der Waals surface area contributed by atoms with Crippen molar-refractivity contribution in [3.63, 3.8) is 0 Å². The van der Waals surface area contributed by atoms with Crippen molar-refractivity contribution in [2.45, 2.75) is 43.7 Å². The first-order chi connectivity index (χ1) is 16.7. The molecule has 0 aromatic heterocycles. The van der Waals surface area contributed by atoms with Gasteiger partial charge in [0.2, 0.25) is 10.0 Å². The van der Waals surface area contributed by atoms with E-state index < -0.39 is 21.9 Å².